The maximum atomic E-state index is 12.1. The molecule has 1 nitrogen and oxygen atoms in total. The lowest BCUT2D eigenvalue weighted by molar-refractivity contribution is 0.721. The number of benzene rings is 1. The Morgan fingerprint density at radius 1 is 1.36 bits per heavy atom. The molecule has 0 saturated carbocycles. The minimum absolute atomic E-state index is 0.237. The number of rotatable bonds is 2. The van der Waals surface area contributed by atoms with Gasteiger partial charge in [0.15, 0.2) is 0 Å². The van der Waals surface area contributed by atoms with Gasteiger partial charge in [0.05, 0.1) is 6.33 Å². The topological polar surface area (TPSA) is 26.0 Å². The van der Waals surface area contributed by atoms with E-state index in [-0.39, 0.29) is 6.54 Å². The highest BCUT2D eigenvalue weighted by atomic mass is 19.1. The van der Waals surface area contributed by atoms with Crippen molar-refractivity contribution in [3.8, 4) is 0 Å². The summed E-state index contributed by atoms with van der Waals surface area (Å²) in [7, 11) is 0. The summed E-state index contributed by atoms with van der Waals surface area (Å²) in [5, 5.41) is 0. The summed E-state index contributed by atoms with van der Waals surface area (Å²) in [5.74, 6) is 0. The van der Waals surface area contributed by atoms with Crippen molar-refractivity contribution in [3.63, 3.8) is 0 Å². The van der Waals surface area contributed by atoms with E-state index in [4.69, 9.17) is 5.73 Å². The molecular weight excluding hydrogens is 141 g/mol. The lowest BCUT2D eigenvalue weighted by Crippen LogP contribution is -2.01. The summed E-state index contributed by atoms with van der Waals surface area (Å²) in [4.78, 5) is 0. The van der Waals surface area contributed by atoms with Gasteiger partial charge in [0.2, 0.25) is 0 Å². The zero-order chi connectivity index (χ0) is 8.10. The molecule has 1 aromatic carbocycles. The van der Waals surface area contributed by atoms with Gasteiger partial charge in [-0.1, -0.05) is 30.3 Å². The van der Waals surface area contributed by atoms with Crippen LogP contribution in [0.4, 0.5) is 4.39 Å². The second-order valence-electron chi connectivity index (χ2n) is 2.20. The molecule has 11 heavy (non-hydrogen) atoms. The number of hydrogen-bond acceptors (Lipinski definition) is 1. The van der Waals surface area contributed by atoms with Crippen LogP contribution in [-0.4, -0.2) is 6.54 Å². The highest BCUT2D eigenvalue weighted by Crippen LogP contribution is 2.11. The first-order chi connectivity index (χ1) is 5.38. The monoisotopic (exact) mass is 151 g/mol. The van der Waals surface area contributed by atoms with E-state index < -0.39 is 0 Å². The van der Waals surface area contributed by atoms with Crippen LogP contribution in [0.1, 0.15) is 5.56 Å². The van der Waals surface area contributed by atoms with E-state index in [2.05, 4.69) is 0 Å². The van der Waals surface area contributed by atoms with Crippen molar-refractivity contribution in [1.82, 2.24) is 0 Å². The fraction of sp³-hybridized carbons (Fsp3) is 0.111. The van der Waals surface area contributed by atoms with E-state index >= 15 is 0 Å². The van der Waals surface area contributed by atoms with Gasteiger partial charge in [-0.2, -0.15) is 0 Å². The summed E-state index contributed by atoms with van der Waals surface area (Å²) in [6.45, 7) is 0.237. The molecule has 0 radical (unpaired) electrons. The Morgan fingerprint density at radius 2 is 2.00 bits per heavy atom. The van der Waals surface area contributed by atoms with Gasteiger partial charge in [-0.3, -0.25) is 0 Å². The minimum atomic E-state index is 0.237. The minimum Gasteiger partial charge on any atom is -0.326 e. The SMILES string of the molecule is NC/C(=C\F)c1ccccc1. The van der Waals surface area contributed by atoms with Crippen LogP contribution in [0.5, 0.6) is 0 Å². The van der Waals surface area contributed by atoms with Gasteiger partial charge in [0, 0.05) is 12.1 Å². The van der Waals surface area contributed by atoms with Crippen LogP contribution < -0.4 is 5.73 Å². The second kappa shape index (κ2) is 3.88. The number of nitrogens with two attached hydrogens (primary N) is 1. The van der Waals surface area contributed by atoms with Crippen LogP contribution in [0.15, 0.2) is 36.7 Å². The molecule has 1 rings (SSSR count). The Labute approximate surface area is 65.3 Å². The average molecular weight is 151 g/mol. The van der Waals surface area contributed by atoms with E-state index in [0.29, 0.717) is 11.9 Å². The highest BCUT2D eigenvalue weighted by Gasteiger charge is 1.96. The van der Waals surface area contributed by atoms with Crippen molar-refractivity contribution in [2.45, 2.75) is 0 Å². The summed E-state index contributed by atoms with van der Waals surface area (Å²) < 4.78 is 12.1. The van der Waals surface area contributed by atoms with Crippen molar-refractivity contribution in [2.75, 3.05) is 6.54 Å². The molecule has 0 saturated heterocycles. The zero-order valence-electron chi connectivity index (χ0n) is 6.13. The molecule has 0 aliphatic heterocycles. The van der Waals surface area contributed by atoms with Crippen LogP contribution in [0, 0.1) is 0 Å². The Morgan fingerprint density at radius 3 is 2.45 bits per heavy atom. The molecule has 1 aromatic rings. The molecular formula is C9H10FN. The van der Waals surface area contributed by atoms with Crippen LogP contribution in [0.25, 0.3) is 5.57 Å². The number of hydrogen-bond donors (Lipinski definition) is 1. The van der Waals surface area contributed by atoms with Gasteiger partial charge in [-0.15, -0.1) is 0 Å². The third kappa shape index (κ3) is 1.88. The Hall–Kier alpha value is -1.15. The number of halogens is 1. The summed E-state index contributed by atoms with van der Waals surface area (Å²) in [6, 6.07) is 9.26. The Kier molecular flexibility index (Phi) is 2.81. The van der Waals surface area contributed by atoms with Crippen molar-refractivity contribution < 1.29 is 4.39 Å². The predicted molar refractivity (Wildman–Crippen MR) is 44.6 cm³/mol. The first kappa shape index (κ1) is 7.95. The van der Waals surface area contributed by atoms with Crippen LogP contribution >= 0.6 is 0 Å². The van der Waals surface area contributed by atoms with Crippen molar-refractivity contribution in [3.05, 3.63) is 42.2 Å². The predicted octanol–water partition coefficient (Wildman–Crippen LogP) is 1.96. The molecule has 0 atom stereocenters. The molecule has 0 aliphatic rings. The zero-order valence-corrected chi connectivity index (χ0v) is 6.13. The molecule has 0 spiro atoms. The van der Waals surface area contributed by atoms with E-state index in [9.17, 15) is 4.39 Å². The molecule has 0 aliphatic carbocycles. The van der Waals surface area contributed by atoms with E-state index in [1.807, 2.05) is 30.3 Å². The Bertz CT molecular complexity index is 241. The van der Waals surface area contributed by atoms with E-state index in [1.165, 1.54) is 0 Å². The standard InChI is InChI=1S/C9H10FN/c10-6-9(7-11)8-4-2-1-3-5-8/h1-6H,7,11H2/b9-6+. The molecule has 0 amide bonds. The lowest BCUT2D eigenvalue weighted by atomic mass is 10.1. The van der Waals surface area contributed by atoms with Gasteiger partial charge in [0.25, 0.3) is 0 Å². The summed E-state index contributed by atoms with van der Waals surface area (Å²) in [5.41, 5.74) is 6.68. The van der Waals surface area contributed by atoms with Crippen LogP contribution in [-0.2, 0) is 0 Å². The molecule has 0 fully saturated rings. The fourth-order valence-electron chi connectivity index (χ4n) is 0.878. The summed E-state index contributed by atoms with van der Waals surface area (Å²) in [6.07, 6.45) is 0.551. The van der Waals surface area contributed by atoms with Crippen molar-refractivity contribution >= 4 is 5.57 Å². The van der Waals surface area contributed by atoms with Gasteiger partial charge in [0.1, 0.15) is 0 Å². The lowest BCUT2D eigenvalue weighted by Gasteiger charge is -2.00. The van der Waals surface area contributed by atoms with E-state index in [1.54, 1.807) is 0 Å². The maximum absolute atomic E-state index is 12.1. The first-order valence-electron chi connectivity index (χ1n) is 3.43. The smallest absolute Gasteiger partial charge is 0.0917 e. The molecule has 2 N–H and O–H groups in total. The third-order valence-electron chi connectivity index (χ3n) is 1.50. The average Bonchev–Trinajstić information content (AvgIpc) is 2.09. The fourth-order valence-corrected chi connectivity index (χ4v) is 0.878. The molecule has 2 heteroatoms. The molecule has 0 unspecified atom stereocenters. The third-order valence-corrected chi connectivity index (χ3v) is 1.50. The maximum Gasteiger partial charge on any atom is 0.0917 e. The Balaban J connectivity index is 2.92. The van der Waals surface area contributed by atoms with Gasteiger partial charge in [-0.05, 0) is 5.56 Å². The molecule has 58 valence electrons. The molecule has 0 heterocycles. The summed E-state index contributed by atoms with van der Waals surface area (Å²) >= 11 is 0. The molecule has 0 aromatic heterocycles. The molecule has 0 bridgehead atoms. The van der Waals surface area contributed by atoms with E-state index in [0.717, 1.165) is 5.56 Å². The van der Waals surface area contributed by atoms with Gasteiger partial charge >= 0.3 is 0 Å². The second-order valence-corrected chi connectivity index (χ2v) is 2.20. The largest absolute Gasteiger partial charge is 0.326 e. The quantitative estimate of drug-likeness (QED) is 0.687. The van der Waals surface area contributed by atoms with Gasteiger partial charge < -0.3 is 5.73 Å². The normalized spacial score (nSPS) is 11.6. The van der Waals surface area contributed by atoms with Crippen LogP contribution in [0.3, 0.4) is 0 Å². The van der Waals surface area contributed by atoms with Gasteiger partial charge in [-0.25, -0.2) is 4.39 Å². The van der Waals surface area contributed by atoms with Crippen molar-refractivity contribution in [2.24, 2.45) is 5.73 Å². The van der Waals surface area contributed by atoms with Crippen molar-refractivity contribution in [1.29, 1.82) is 0 Å². The highest BCUT2D eigenvalue weighted by molar-refractivity contribution is 5.65. The van der Waals surface area contributed by atoms with Crippen LogP contribution in [0.2, 0.25) is 0 Å². The first-order valence-corrected chi connectivity index (χ1v) is 3.43.